The number of hydrogen-bond donors (Lipinski definition) is 1. The largest absolute Gasteiger partial charge is 0.497 e. The Hall–Kier alpha value is -3.02. The number of anilines is 2. The minimum absolute atomic E-state index is 0.0768. The van der Waals surface area contributed by atoms with Crippen molar-refractivity contribution in [1.82, 2.24) is 0 Å². The number of ether oxygens (including phenoxy) is 2. The van der Waals surface area contributed by atoms with E-state index in [0.717, 1.165) is 5.75 Å². The average Bonchev–Trinajstić information content (AvgIpc) is 3.05. The summed E-state index contributed by atoms with van der Waals surface area (Å²) >= 11 is 0. The van der Waals surface area contributed by atoms with Crippen molar-refractivity contribution in [3.63, 3.8) is 0 Å². The lowest BCUT2D eigenvalue weighted by molar-refractivity contribution is -0.122. The Morgan fingerprint density at radius 3 is 2.62 bits per heavy atom. The molecule has 0 bridgehead atoms. The first kappa shape index (κ1) is 17.8. The van der Waals surface area contributed by atoms with Crippen LogP contribution in [0.4, 0.5) is 11.4 Å². The van der Waals surface area contributed by atoms with Crippen LogP contribution in [0.2, 0.25) is 0 Å². The number of benzene rings is 2. The Balaban J connectivity index is 1.70. The van der Waals surface area contributed by atoms with Crippen LogP contribution in [0.15, 0.2) is 48.5 Å². The summed E-state index contributed by atoms with van der Waals surface area (Å²) in [6.07, 6.45) is 0.183. The normalized spacial score (nSPS) is 16.5. The van der Waals surface area contributed by atoms with E-state index in [1.807, 2.05) is 31.2 Å². The van der Waals surface area contributed by atoms with Crippen molar-refractivity contribution in [3.05, 3.63) is 48.5 Å². The van der Waals surface area contributed by atoms with E-state index in [1.165, 1.54) is 0 Å². The highest BCUT2D eigenvalue weighted by Crippen LogP contribution is 2.33. The SMILES string of the molecule is CCOc1ccccc1N1CC(C(=O)Nc2ccc(OC)cc2)CC1=O. The Morgan fingerprint density at radius 2 is 1.92 bits per heavy atom. The number of nitrogens with one attached hydrogen (secondary N) is 1. The van der Waals surface area contributed by atoms with Crippen LogP contribution in [0.25, 0.3) is 0 Å². The van der Waals surface area contributed by atoms with Gasteiger partial charge in [-0.15, -0.1) is 0 Å². The molecule has 1 aliphatic rings. The van der Waals surface area contributed by atoms with E-state index in [0.29, 0.717) is 30.3 Å². The molecule has 1 fully saturated rings. The van der Waals surface area contributed by atoms with E-state index in [1.54, 1.807) is 36.3 Å². The van der Waals surface area contributed by atoms with Gasteiger partial charge in [0.15, 0.2) is 0 Å². The molecule has 0 saturated carbocycles. The molecule has 1 heterocycles. The molecule has 3 rings (SSSR count). The number of carbonyl (C=O) groups is 2. The fraction of sp³-hybridized carbons (Fsp3) is 0.300. The number of para-hydroxylation sites is 2. The summed E-state index contributed by atoms with van der Waals surface area (Å²) in [6.45, 7) is 2.75. The van der Waals surface area contributed by atoms with Crippen LogP contribution in [0, 0.1) is 5.92 Å². The van der Waals surface area contributed by atoms with Gasteiger partial charge in [0.2, 0.25) is 11.8 Å². The standard InChI is InChI=1S/C20H22N2O4/c1-3-26-18-7-5-4-6-17(18)22-13-14(12-19(22)23)20(24)21-15-8-10-16(25-2)11-9-15/h4-11,14H,3,12-13H2,1-2H3,(H,21,24). The molecule has 2 aromatic rings. The first-order valence-electron chi connectivity index (χ1n) is 8.59. The van der Waals surface area contributed by atoms with Crippen molar-refractivity contribution >= 4 is 23.2 Å². The summed E-state index contributed by atoms with van der Waals surface area (Å²) in [4.78, 5) is 26.6. The van der Waals surface area contributed by atoms with Gasteiger partial charge in [0.1, 0.15) is 11.5 Å². The van der Waals surface area contributed by atoms with E-state index in [9.17, 15) is 9.59 Å². The van der Waals surface area contributed by atoms with Crippen LogP contribution in [-0.4, -0.2) is 32.1 Å². The fourth-order valence-electron chi connectivity index (χ4n) is 2.99. The van der Waals surface area contributed by atoms with Gasteiger partial charge in [-0.3, -0.25) is 9.59 Å². The Kier molecular flexibility index (Phi) is 5.41. The van der Waals surface area contributed by atoms with E-state index in [4.69, 9.17) is 9.47 Å². The predicted molar refractivity (Wildman–Crippen MR) is 99.7 cm³/mol. The minimum atomic E-state index is -0.403. The zero-order valence-electron chi connectivity index (χ0n) is 14.9. The highest BCUT2D eigenvalue weighted by atomic mass is 16.5. The topological polar surface area (TPSA) is 67.9 Å². The summed E-state index contributed by atoms with van der Waals surface area (Å²) in [6, 6.07) is 14.5. The summed E-state index contributed by atoms with van der Waals surface area (Å²) in [5.41, 5.74) is 1.38. The van der Waals surface area contributed by atoms with Gasteiger partial charge in [-0.1, -0.05) is 12.1 Å². The number of amides is 2. The van der Waals surface area contributed by atoms with Gasteiger partial charge in [0.25, 0.3) is 0 Å². The minimum Gasteiger partial charge on any atom is -0.497 e. The van der Waals surface area contributed by atoms with E-state index < -0.39 is 5.92 Å². The van der Waals surface area contributed by atoms with Crippen LogP contribution in [0.1, 0.15) is 13.3 Å². The van der Waals surface area contributed by atoms with Crippen LogP contribution in [0.3, 0.4) is 0 Å². The van der Waals surface area contributed by atoms with Gasteiger partial charge in [-0.25, -0.2) is 0 Å². The van der Waals surface area contributed by atoms with Gasteiger partial charge in [-0.2, -0.15) is 0 Å². The average molecular weight is 354 g/mol. The van der Waals surface area contributed by atoms with E-state index >= 15 is 0 Å². The maximum atomic E-state index is 12.5. The van der Waals surface area contributed by atoms with Gasteiger partial charge in [0.05, 0.1) is 25.3 Å². The number of nitrogens with zero attached hydrogens (tertiary/aromatic N) is 1. The second kappa shape index (κ2) is 7.91. The zero-order chi connectivity index (χ0) is 18.5. The molecule has 0 aromatic heterocycles. The lowest BCUT2D eigenvalue weighted by Crippen LogP contribution is -2.28. The van der Waals surface area contributed by atoms with Crippen molar-refractivity contribution in [1.29, 1.82) is 0 Å². The highest BCUT2D eigenvalue weighted by Gasteiger charge is 2.36. The molecular formula is C20H22N2O4. The van der Waals surface area contributed by atoms with Crippen molar-refractivity contribution < 1.29 is 19.1 Å². The lowest BCUT2D eigenvalue weighted by atomic mass is 10.1. The molecule has 6 nitrogen and oxygen atoms in total. The molecule has 0 radical (unpaired) electrons. The van der Waals surface area contributed by atoms with Crippen LogP contribution in [-0.2, 0) is 9.59 Å². The van der Waals surface area contributed by atoms with Crippen LogP contribution < -0.4 is 19.7 Å². The zero-order valence-corrected chi connectivity index (χ0v) is 14.9. The van der Waals surface area contributed by atoms with Crippen LogP contribution >= 0.6 is 0 Å². The third-order valence-corrected chi connectivity index (χ3v) is 4.31. The molecular weight excluding hydrogens is 332 g/mol. The van der Waals surface area contributed by atoms with Gasteiger partial charge < -0.3 is 19.7 Å². The quantitative estimate of drug-likeness (QED) is 0.866. The number of rotatable bonds is 6. The van der Waals surface area contributed by atoms with E-state index in [2.05, 4.69) is 5.32 Å². The number of methoxy groups -OCH3 is 1. The summed E-state index contributed by atoms with van der Waals surface area (Å²) in [7, 11) is 1.59. The van der Waals surface area contributed by atoms with Crippen molar-refractivity contribution in [2.24, 2.45) is 5.92 Å². The smallest absolute Gasteiger partial charge is 0.229 e. The molecule has 1 N–H and O–H groups in total. The van der Waals surface area contributed by atoms with Gasteiger partial charge in [-0.05, 0) is 43.3 Å². The highest BCUT2D eigenvalue weighted by molar-refractivity contribution is 6.04. The van der Waals surface area contributed by atoms with Gasteiger partial charge >= 0.3 is 0 Å². The van der Waals surface area contributed by atoms with Crippen molar-refractivity contribution in [2.45, 2.75) is 13.3 Å². The van der Waals surface area contributed by atoms with Crippen LogP contribution in [0.5, 0.6) is 11.5 Å². The molecule has 1 atom stereocenters. The first-order chi connectivity index (χ1) is 12.6. The molecule has 26 heavy (non-hydrogen) atoms. The molecule has 1 aliphatic heterocycles. The molecule has 2 amide bonds. The Morgan fingerprint density at radius 1 is 1.19 bits per heavy atom. The first-order valence-corrected chi connectivity index (χ1v) is 8.59. The third kappa shape index (κ3) is 3.79. The molecule has 1 saturated heterocycles. The van der Waals surface area contributed by atoms with E-state index in [-0.39, 0.29) is 18.2 Å². The molecule has 2 aromatic carbocycles. The molecule has 1 unspecified atom stereocenters. The third-order valence-electron chi connectivity index (χ3n) is 4.31. The molecule has 0 spiro atoms. The summed E-state index contributed by atoms with van der Waals surface area (Å²) in [5, 5.41) is 2.86. The van der Waals surface area contributed by atoms with Crippen molar-refractivity contribution in [2.75, 3.05) is 30.5 Å². The second-order valence-corrected chi connectivity index (χ2v) is 6.02. The molecule has 6 heteroatoms. The van der Waals surface area contributed by atoms with Gasteiger partial charge in [0, 0.05) is 18.7 Å². The maximum absolute atomic E-state index is 12.5. The maximum Gasteiger partial charge on any atom is 0.229 e. The number of hydrogen-bond acceptors (Lipinski definition) is 4. The molecule has 136 valence electrons. The lowest BCUT2D eigenvalue weighted by Gasteiger charge is -2.20. The Bertz CT molecular complexity index is 789. The fourth-order valence-corrected chi connectivity index (χ4v) is 2.99. The monoisotopic (exact) mass is 354 g/mol. The second-order valence-electron chi connectivity index (χ2n) is 6.02. The van der Waals surface area contributed by atoms with Crippen molar-refractivity contribution in [3.8, 4) is 11.5 Å². The summed E-state index contributed by atoms with van der Waals surface area (Å²) < 4.78 is 10.7. The molecule has 0 aliphatic carbocycles. The Labute approximate surface area is 152 Å². The summed E-state index contributed by atoms with van der Waals surface area (Å²) in [5.74, 6) is 0.725. The predicted octanol–water partition coefficient (Wildman–Crippen LogP) is 3.09. The number of carbonyl (C=O) groups excluding carboxylic acids is 2.